The van der Waals surface area contributed by atoms with Crippen molar-refractivity contribution in [2.45, 2.75) is 43.9 Å². The van der Waals surface area contributed by atoms with Gasteiger partial charge in [0.25, 0.3) is 0 Å². The predicted molar refractivity (Wildman–Crippen MR) is 103 cm³/mol. The van der Waals surface area contributed by atoms with Gasteiger partial charge in [-0.2, -0.15) is 8.42 Å². The van der Waals surface area contributed by atoms with Gasteiger partial charge >= 0.3 is 10.1 Å². The molecule has 0 saturated heterocycles. The Morgan fingerprint density at radius 2 is 1.65 bits per heavy atom. The van der Waals surface area contributed by atoms with E-state index in [9.17, 15) is 13.2 Å². The van der Waals surface area contributed by atoms with Crippen molar-refractivity contribution >= 4 is 22.0 Å². The Morgan fingerprint density at radius 3 is 2.31 bits per heavy atom. The Bertz CT molecular complexity index is 822. The van der Waals surface area contributed by atoms with Crippen LogP contribution in [0.5, 0.6) is 5.75 Å². The minimum atomic E-state index is -3.84. The topological polar surface area (TPSA) is 60.4 Å². The van der Waals surface area contributed by atoms with Gasteiger partial charge in [0.05, 0.1) is 0 Å². The third kappa shape index (κ3) is 6.48. The SMILES string of the molecule is CCCCCCC(=O)/C=C/c1ccc(OS(=O)(=O)c2ccccc2)cc1. The number of hydrogen-bond acceptors (Lipinski definition) is 4. The fraction of sp³-hybridized carbons (Fsp3) is 0.286. The van der Waals surface area contributed by atoms with Gasteiger partial charge in [-0.15, -0.1) is 0 Å². The zero-order chi connectivity index (χ0) is 18.8. The van der Waals surface area contributed by atoms with Crippen LogP contribution in [0.2, 0.25) is 0 Å². The molecule has 138 valence electrons. The molecular formula is C21H24O4S. The predicted octanol–water partition coefficient (Wildman–Crippen LogP) is 5.01. The molecule has 2 rings (SSSR count). The average Bonchev–Trinajstić information content (AvgIpc) is 2.65. The summed E-state index contributed by atoms with van der Waals surface area (Å²) in [5.74, 6) is 0.338. The Kier molecular flexibility index (Phi) is 7.60. The molecule has 0 heterocycles. The highest BCUT2D eigenvalue weighted by molar-refractivity contribution is 7.87. The van der Waals surface area contributed by atoms with Crippen LogP contribution in [0.25, 0.3) is 6.08 Å². The maximum absolute atomic E-state index is 12.2. The fourth-order valence-corrected chi connectivity index (χ4v) is 3.35. The monoisotopic (exact) mass is 372 g/mol. The number of ketones is 1. The second kappa shape index (κ2) is 9.92. The summed E-state index contributed by atoms with van der Waals surface area (Å²) < 4.78 is 29.5. The lowest BCUT2D eigenvalue weighted by molar-refractivity contribution is -0.114. The van der Waals surface area contributed by atoms with Crippen LogP contribution in [-0.4, -0.2) is 14.2 Å². The molecule has 0 aliphatic carbocycles. The molecule has 0 spiro atoms. The first-order chi connectivity index (χ1) is 12.5. The highest BCUT2D eigenvalue weighted by atomic mass is 32.2. The normalized spacial score (nSPS) is 11.6. The quantitative estimate of drug-likeness (QED) is 0.334. The highest BCUT2D eigenvalue weighted by Crippen LogP contribution is 2.19. The van der Waals surface area contributed by atoms with E-state index in [0.29, 0.717) is 6.42 Å². The second-order valence-corrected chi connectivity index (χ2v) is 7.58. The summed E-state index contributed by atoms with van der Waals surface area (Å²) in [6.45, 7) is 2.14. The van der Waals surface area contributed by atoms with Crippen LogP contribution in [0.15, 0.2) is 65.6 Å². The van der Waals surface area contributed by atoms with E-state index >= 15 is 0 Å². The summed E-state index contributed by atoms with van der Waals surface area (Å²) >= 11 is 0. The van der Waals surface area contributed by atoms with Crippen molar-refractivity contribution in [1.82, 2.24) is 0 Å². The standard InChI is InChI=1S/C21H24O4S/c1-2-3-4-6-9-19(22)15-12-18-13-16-20(17-14-18)25-26(23,24)21-10-7-5-8-11-21/h5,7-8,10-17H,2-4,6,9H2,1H3/b15-12+. The van der Waals surface area contributed by atoms with E-state index in [1.54, 1.807) is 54.6 Å². The van der Waals surface area contributed by atoms with Crippen molar-refractivity contribution in [3.63, 3.8) is 0 Å². The lowest BCUT2D eigenvalue weighted by Crippen LogP contribution is -2.09. The zero-order valence-electron chi connectivity index (χ0n) is 14.9. The van der Waals surface area contributed by atoms with Gasteiger partial charge in [0.1, 0.15) is 10.6 Å². The summed E-state index contributed by atoms with van der Waals surface area (Å²) in [5.41, 5.74) is 0.816. The molecular weight excluding hydrogens is 348 g/mol. The first-order valence-electron chi connectivity index (χ1n) is 8.82. The van der Waals surface area contributed by atoms with Crippen LogP contribution >= 0.6 is 0 Å². The Hall–Kier alpha value is -2.40. The van der Waals surface area contributed by atoms with Gasteiger partial charge in [-0.05, 0) is 42.3 Å². The van der Waals surface area contributed by atoms with Crippen LogP contribution in [0.1, 0.15) is 44.6 Å². The zero-order valence-corrected chi connectivity index (χ0v) is 15.7. The van der Waals surface area contributed by atoms with Crippen molar-refractivity contribution in [2.75, 3.05) is 0 Å². The number of hydrogen-bond donors (Lipinski definition) is 0. The van der Waals surface area contributed by atoms with Gasteiger partial charge in [-0.1, -0.05) is 62.6 Å². The van der Waals surface area contributed by atoms with Crippen molar-refractivity contribution in [1.29, 1.82) is 0 Å². The molecule has 2 aromatic rings. The van der Waals surface area contributed by atoms with E-state index in [1.807, 2.05) is 0 Å². The summed E-state index contributed by atoms with van der Waals surface area (Å²) in [6, 6.07) is 14.6. The number of carbonyl (C=O) groups excluding carboxylic acids is 1. The van der Waals surface area contributed by atoms with Gasteiger partial charge < -0.3 is 4.18 Å². The maximum Gasteiger partial charge on any atom is 0.339 e. The minimum Gasteiger partial charge on any atom is -0.379 e. The fourth-order valence-electron chi connectivity index (χ4n) is 2.39. The van der Waals surface area contributed by atoms with E-state index in [4.69, 9.17) is 4.18 Å². The van der Waals surface area contributed by atoms with Crippen molar-refractivity contribution < 1.29 is 17.4 Å². The van der Waals surface area contributed by atoms with Crippen LogP contribution in [-0.2, 0) is 14.9 Å². The summed E-state index contributed by atoms with van der Waals surface area (Å²) in [5, 5.41) is 0. The molecule has 0 fully saturated rings. The third-order valence-electron chi connectivity index (χ3n) is 3.86. The van der Waals surface area contributed by atoms with E-state index in [1.165, 1.54) is 12.1 Å². The van der Waals surface area contributed by atoms with E-state index in [0.717, 1.165) is 31.2 Å². The van der Waals surface area contributed by atoms with Gasteiger partial charge in [0.15, 0.2) is 5.78 Å². The van der Waals surface area contributed by atoms with Crippen LogP contribution in [0.4, 0.5) is 0 Å². The first-order valence-corrected chi connectivity index (χ1v) is 10.2. The molecule has 0 N–H and O–H groups in total. The molecule has 0 aliphatic heterocycles. The largest absolute Gasteiger partial charge is 0.379 e. The molecule has 0 aliphatic rings. The molecule has 5 heteroatoms. The summed E-state index contributed by atoms with van der Waals surface area (Å²) in [4.78, 5) is 11.9. The van der Waals surface area contributed by atoms with Crippen LogP contribution < -0.4 is 4.18 Å². The number of unbranched alkanes of at least 4 members (excludes halogenated alkanes) is 3. The third-order valence-corrected chi connectivity index (χ3v) is 5.12. The summed E-state index contributed by atoms with van der Waals surface area (Å²) in [6.07, 6.45) is 8.18. The molecule has 0 bridgehead atoms. The molecule has 4 nitrogen and oxygen atoms in total. The molecule has 0 saturated carbocycles. The van der Waals surface area contributed by atoms with Gasteiger partial charge in [0, 0.05) is 6.42 Å². The smallest absolute Gasteiger partial charge is 0.339 e. The van der Waals surface area contributed by atoms with Crippen LogP contribution in [0, 0.1) is 0 Å². The van der Waals surface area contributed by atoms with Gasteiger partial charge in [-0.25, -0.2) is 0 Å². The molecule has 0 unspecified atom stereocenters. The molecule has 0 aromatic heterocycles. The number of carbonyl (C=O) groups is 1. The van der Waals surface area contributed by atoms with Crippen LogP contribution in [0.3, 0.4) is 0 Å². The van der Waals surface area contributed by atoms with Crippen molar-refractivity contribution in [2.24, 2.45) is 0 Å². The maximum atomic E-state index is 12.2. The lowest BCUT2D eigenvalue weighted by Gasteiger charge is -2.07. The summed E-state index contributed by atoms with van der Waals surface area (Å²) in [7, 11) is -3.84. The molecule has 26 heavy (non-hydrogen) atoms. The Morgan fingerprint density at radius 1 is 0.962 bits per heavy atom. The van der Waals surface area contributed by atoms with Crippen molar-refractivity contribution in [3.8, 4) is 5.75 Å². The molecule has 0 atom stereocenters. The first kappa shape index (κ1) is 19.9. The van der Waals surface area contributed by atoms with Crippen molar-refractivity contribution in [3.05, 3.63) is 66.2 Å². The molecule has 0 radical (unpaired) electrons. The Labute approximate surface area is 155 Å². The molecule has 0 amide bonds. The average molecular weight is 372 g/mol. The van der Waals surface area contributed by atoms with Gasteiger partial charge in [0.2, 0.25) is 0 Å². The van der Waals surface area contributed by atoms with E-state index in [2.05, 4.69) is 6.92 Å². The second-order valence-electron chi connectivity index (χ2n) is 6.03. The number of allylic oxidation sites excluding steroid dienone is 1. The molecule has 2 aromatic carbocycles. The van der Waals surface area contributed by atoms with E-state index in [-0.39, 0.29) is 16.4 Å². The highest BCUT2D eigenvalue weighted by Gasteiger charge is 2.15. The minimum absolute atomic E-state index is 0.105. The number of benzene rings is 2. The van der Waals surface area contributed by atoms with E-state index < -0.39 is 10.1 Å². The van der Waals surface area contributed by atoms with Gasteiger partial charge in [-0.3, -0.25) is 4.79 Å². The Balaban J connectivity index is 1.92. The lowest BCUT2D eigenvalue weighted by atomic mass is 10.1. The number of rotatable bonds is 10.